The number of pyridine rings is 1. The lowest BCUT2D eigenvalue weighted by Crippen LogP contribution is -2.21. The molecule has 0 aliphatic rings. The molecule has 0 radical (unpaired) electrons. The van der Waals surface area contributed by atoms with Gasteiger partial charge in [0.05, 0.1) is 12.2 Å². The van der Waals surface area contributed by atoms with Crippen molar-refractivity contribution in [3.05, 3.63) is 54.1 Å². The van der Waals surface area contributed by atoms with Crippen LogP contribution in [0, 0.1) is 0 Å². The summed E-state index contributed by atoms with van der Waals surface area (Å²) in [6, 6.07) is 8.39. The molecular formula is C14H19N3. The molecule has 0 aliphatic carbocycles. The Labute approximate surface area is 102 Å². The molecule has 0 aromatic carbocycles. The Morgan fingerprint density at radius 2 is 2.24 bits per heavy atom. The summed E-state index contributed by atoms with van der Waals surface area (Å²) in [6.07, 6.45) is 8.04. The first-order valence-electron chi connectivity index (χ1n) is 6.08. The van der Waals surface area contributed by atoms with E-state index in [-0.39, 0.29) is 6.04 Å². The standard InChI is InChI=1S/C14H19N3/c1-2-13(15)9-12-6-8-17(10-12)11-14-5-3-4-7-16-14/h3-8,10,13H,2,9,11,15H2,1H3. The lowest BCUT2D eigenvalue weighted by molar-refractivity contribution is 0.644. The molecule has 2 heterocycles. The van der Waals surface area contributed by atoms with Crippen LogP contribution in [0.1, 0.15) is 24.6 Å². The maximum atomic E-state index is 5.95. The van der Waals surface area contributed by atoms with Gasteiger partial charge in [-0.05, 0) is 36.6 Å². The Morgan fingerprint density at radius 1 is 1.35 bits per heavy atom. The zero-order valence-electron chi connectivity index (χ0n) is 10.2. The quantitative estimate of drug-likeness (QED) is 0.854. The predicted molar refractivity (Wildman–Crippen MR) is 69.7 cm³/mol. The molecule has 2 rings (SSSR count). The number of nitrogens with zero attached hydrogens (tertiary/aromatic N) is 2. The smallest absolute Gasteiger partial charge is 0.0642 e. The Hall–Kier alpha value is -1.61. The van der Waals surface area contributed by atoms with Crippen LogP contribution in [-0.2, 0) is 13.0 Å². The van der Waals surface area contributed by atoms with Crippen LogP contribution in [0.2, 0.25) is 0 Å². The van der Waals surface area contributed by atoms with Gasteiger partial charge in [-0.1, -0.05) is 13.0 Å². The third kappa shape index (κ3) is 3.43. The molecule has 2 aromatic heterocycles. The maximum Gasteiger partial charge on any atom is 0.0642 e. The fourth-order valence-corrected chi connectivity index (χ4v) is 1.84. The van der Waals surface area contributed by atoms with E-state index in [4.69, 9.17) is 5.73 Å². The molecule has 1 atom stereocenters. The van der Waals surface area contributed by atoms with Crippen LogP contribution in [-0.4, -0.2) is 15.6 Å². The van der Waals surface area contributed by atoms with Gasteiger partial charge in [-0.3, -0.25) is 4.98 Å². The third-order valence-corrected chi connectivity index (χ3v) is 2.90. The SMILES string of the molecule is CCC(N)Cc1ccn(Cc2ccccn2)c1. The number of hydrogen-bond donors (Lipinski definition) is 1. The summed E-state index contributed by atoms with van der Waals surface area (Å²) in [4.78, 5) is 4.31. The summed E-state index contributed by atoms with van der Waals surface area (Å²) >= 11 is 0. The zero-order chi connectivity index (χ0) is 12.1. The van der Waals surface area contributed by atoms with Crippen molar-refractivity contribution in [2.75, 3.05) is 0 Å². The van der Waals surface area contributed by atoms with E-state index in [1.165, 1.54) is 5.56 Å². The summed E-state index contributed by atoms with van der Waals surface area (Å²) in [5.74, 6) is 0. The largest absolute Gasteiger partial charge is 0.348 e. The van der Waals surface area contributed by atoms with Crippen molar-refractivity contribution in [1.82, 2.24) is 9.55 Å². The van der Waals surface area contributed by atoms with Crippen molar-refractivity contribution < 1.29 is 0 Å². The van der Waals surface area contributed by atoms with Gasteiger partial charge in [0.15, 0.2) is 0 Å². The summed E-state index contributed by atoms with van der Waals surface area (Å²) < 4.78 is 2.15. The summed E-state index contributed by atoms with van der Waals surface area (Å²) in [6.45, 7) is 2.94. The molecule has 90 valence electrons. The molecule has 1 unspecified atom stereocenters. The minimum Gasteiger partial charge on any atom is -0.348 e. The van der Waals surface area contributed by atoms with Crippen molar-refractivity contribution in [3.8, 4) is 0 Å². The third-order valence-electron chi connectivity index (χ3n) is 2.90. The molecule has 0 fully saturated rings. The lowest BCUT2D eigenvalue weighted by Gasteiger charge is -2.06. The molecule has 0 amide bonds. The van der Waals surface area contributed by atoms with Gasteiger partial charge in [-0.25, -0.2) is 0 Å². The first kappa shape index (κ1) is 11.9. The highest BCUT2D eigenvalue weighted by atomic mass is 15.0. The molecule has 3 heteroatoms. The highest BCUT2D eigenvalue weighted by Crippen LogP contribution is 2.07. The normalized spacial score (nSPS) is 12.6. The molecule has 0 saturated heterocycles. The van der Waals surface area contributed by atoms with Gasteiger partial charge in [0.25, 0.3) is 0 Å². The van der Waals surface area contributed by atoms with Gasteiger partial charge < -0.3 is 10.3 Å². The van der Waals surface area contributed by atoms with Crippen molar-refractivity contribution in [1.29, 1.82) is 0 Å². The topological polar surface area (TPSA) is 43.8 Å². The maximum absolute atomic E-state index is 5.95. The number of aromatic nitrogens is 2. The zero-order valence-corrected chi connectivity index (χ0v) is 10.2. The molecule has 0 saturated carbocycles. The van der Waals surface area contributed by atoms with Crippen LogP contribution >= 0.6 is 0 Å². The van der Waals surface area contributed by atoms with Gasteiger partial charge in [0.2, 0.25) is 0 Å². The average Bonchev–Trinajstić information content (AvgIpc) is 2.77. The molecule has 2 N–H and O–H groups in total. The monoisotopic (exact) mass is 229 g/mol. The minimum atomic E-state index is 0.265. The van der Waals surface area contributed by atoms with Crippen LogP contribution in [0.4, 0.5) is 0 Å². The van der Waals surface area contributed by atoms with E-state index in [1.54, 1.807) is 0 Å². The van der Waals surface area contributed by atoms with Gasteiger partial charge in [-0.15, -0.1) is 0 Å². The van der Waals surface area contributed by atoms with Crippen molar-refractivity contribution >= 4 is 0 Å². The molecule has 0 aliphatic heterocycles. The summed E-state index contributed by atoms with van der Waals surface area (Å²) in [7, 11) is 0. The van der Waals surface area contributed by atoms with E-state index in [9.17, 15) is 0 Å². The molecular weight excluding hydrogens is 210 g/mol. The van der Waals surface area contributed by atoms with E-state index in [0.29, 0.717) is 0 Å². The summed E-state index contributed by atoms with van der Waals surface area (Å²) in [5, 5.41) is 0. The van der Waals surface area contributed by atoms with Crippen LogP contribution in [0.5, 0.6) is 0 Å². The second kappa shape index (κ2) is 5.64. The van der Waals surface area contributed by atoms with E-state index < -0.39 is 0 Å². The van der Waals surface area contributed by atoms with Crippen molar-refractivity contribution in [2.24, 2.45) is 5.73 Å². The van der Waals surface area contributed by atoms with Gasteiger partial charge in [0.1, 0.15) is 0 Å². The van der Waals surface area contributed by atoms with Crippen LogP contribution in [0.15, 0.2) is 42.9 Å². The van der Waals surface area contributed by atoms with Crippen LogP contribution < -0.4 is 5.73 Å². The minimum absolute atomic E-state index is 0.265. The number of nitrogens with two attached hydrogens (primary N) is 1. The van der Waals surface area contributed by atoms with Crippen LogP contribution in [0.25, 0.3) is 0 Å². The second-order valence-corrected chi connectivity index (χ2v) is 4.39. The van der Waals surface area contributed by atoms with Crippen molar-refractivity contribution in [2.45, 2.75) is 32.4 Å². The first-order valence-corrected chi connectivity index (χ1v) is 6.08. The molecule has 0 bridgehead atoms. The molecule has 0 spiro atoms. The highest BCUT2D eigenvalue weighted by molar-refractivity contribution is 5.14. The fraction of sp³-hybridized carbons (Fsp3) is 0.357. The van der Waals surface area contributed by atoms with E-state index >= 15 is 0 Å². The Bertz CT molecular complexity index is 448. The second-order valence-electron chi connectivity index (χ2n) is 4.39. The van der Waals surface area contributed by atoms with E-state index in [2.05, 4.69) is 34.9 Å². The lowest BCUT2D eigenvalue weighted by atomic mass is 10.1. The Balaban J connectivity index is 1.99. The van der Waals surface area contributed by atoms with Crippen LogP contribution in [0.3, 0.4) is 0 Å². The van der Waals surface area contributed by atoms with Gasteiger partial charge >= 0.3 is 0 Å². The van der Waals surface area contributed by atoms with E-state index in [1.807, 2.05) is 24.4 Å². The Kier molecular flexibility index (Phi) is 3.94. The fourth-order valence-electron chi connectivity index (χ4n) is 1.84. The number of hydrogen-bond acceptors (Lipinski definition) is 2. The average molecular weight is 229 g/mol. The van der Waals surface area contributed by atoms with Gasteiger partial charge in [-0.2, -0.15) is 0 Å². The Morgan fingerprint density at radius 3 is 2.94 bits per heavy atom. The summed E-state index contributed by atoms with van der Waals surface area (Å²) in [5.41, 5.74) is 8.32. The number of rotatable bonds is 5. The molecule has 2 aromatic rings. The van der Waals surface area contributed by atoms with E-state index in [0.717, 1.165) is 25.1 Å². The first-order chi connectivity index (χ1) is 8.28. The highest BCUT2D eigenvalue weighted by Gasteiger charge is 2.03. The van der Waals surface area contributed by atoms with Gasteiger partial charge in [0, 0.05) is 24.6 Å². The molecule has 3 nitrogen and oxygen atoms in total. The predicted octanol–water partition coefficient (Wildman–Crippen LogP) is 2.21. The molecule has 17 heavy (non-hydrogen) atoms. The van der Waals surface area contributed by atoms with Crippen molar-refractivity contribution in [3.63, 3.8) is 0 Å².